The number of carbonyl (C=O) groups excluding carboxylic acids is 2. The number of esters is 1. The van der Waals surface area contributed by atoms with E-state index >= 15 is 0 Å². The van der Waals surface area contributed by atoms with Gasteiger partial charge in [-0.05, 0) is 71.7 Å². The molecule has 0 aliphatic rings. The summed E-state index contributed by atoms with van der Waals surface area (Å²) < 4.78 is 19.7. The third-order valence-electron chi connectivity index (χ3n) is 6.99. The highest BCUT2D eigenvalue weighted by atomic mass is 35.5. The van der Waals surface area contributed by atoms with E-state index in [9.17, 15) is 14.0 Å². The van der Waals surface area contributed by atoms with E-state index in [-0.39, 0.29) is 42.5 Å². The van der Waals surface area contributed by atoms with E-state index < -0.39 is 0 Å². The van der Waals surface area contributed by atoms with Crippen molar-refractivity contribution in [3.8, 4) is 0 Å². The van der Waals surface area contributed by atoms with Crippen molar-refractivity contribution in [2.45, 2.75) is 44.9 Å². The Balaban J connectivity index is 1.69. The summed E-state index contributed by atoms with van der Waals surface area (Å²) in [5.41, 5.74) is 3.75. The predicted molar refractivity (Wildman–Crippen MR) is 155 cm³/mol. The minimum absolute atomic E-state index is 0.0584. The number of fused-ring (bicyclic) bond motifs is 1. The van der Waals surface area contributed by atoms with Gasteiger partial charge in [-0.15, -0.1) is 0 Å². The molecule has 2 atom stereocenters. The summed E-state index contributed by atoms with van der Waals surface area (Å²) in [7, 11) is 0. The van der Waals surface area contributed by atoms with Gasteiger partial charge in [-0.3, -0.25) is 9.59 Å². The summed E-state index contributed by atoms with van der Waals surface area (Å²) in [6.07, 6.45) is 1.97. The number of hydrogen-bond donors (Lipinski definition) is 1. The van der Waals surface area contributed by atoms with E-state index in [0.717, 1.165) is 34.9 Å². The van der Waals surface area contributed by atoms with Crippen molar-refractivity contribution in [1.82, 2.24) is 5.32 Å². The number of nitrogens with one attached hydrogen (secondary N) is 1. The van der Waals surface area contributed by atoms with Crippen molar-refractivity contribution in [1.29, 1.82) is 0 Å². The first kappa shape index (κ1) is 28.3. The molecule has 4 nitrogen and oxygen atoms in total. The molecule has 0 saturated carbocycles. The molecule has 0 radical (unpaired) electrons. The van der Waals surface area contributed by atoms with Crippen LogP contribution in [-0.4, -0.2) is 25.0 Å². The Morgan fingerprint density at radius 1 is 0.872 bits per heavy atom. The van der Waals surface area contributed by atoms with Crippen LogP contribution in [0.4, 0.5) is 4.39 Å². The smallest absolute Gasteiger partial charge is 0.307 e. The maximum atomic E-state index is 14.8. The SMILES string of the molecule is CCC[C@@H](c1ccc(C(=O)NCCC(=O)OCC)cc1)C(c1ccc(Cl)cc1)c1ccc(F)c2ccccc12. The monoisotopic (exact) mass is 545 g/mol. The number of rotatable bonds is 11. The lowest BCUT2D eigenvalue weighted by atomic mass is 9.74. The average Bonchev–Trinajstić information content (AvgIpc) is 2.95. The minimum Gasteiger partial charge on any atom is -0.466 e. The summed E-state index contributed by atoms with van der Waals surface area (Å²) >= 11 is 6.24. The van der Waals surface area contributed by atoms with Gasteiger partial charge in [-0.2, -0.15) is 0 Å². The summed E-state index contributed by atoms with van der Waals surface area (Å²) in [5, 5.41) is 4.92. The summed E-state index contributed by atoms with van der Waals surface area (Å²) in [4.78, 5) is 24.2. The number of amides is 1. The molecule has 0 saturated heterocycles. The second-order valence-electron chi connectivity index (χ2n) is 9.54. The van der Waals surface area contributed by atoms with Gasteiger partial charge < -0.3 is 10.1 Å². The van der Waals surface area contributed by atoms with Crippen LogP contribution in [0.3, 0.4) is 0 Å². The van der Waals surface area contributed by atoms with Crippen molar-refractivity contribution in [3.63, 3.8) is 0 Å². The van der Waals surface area contributed by atoms with Crippen LogP contribution in [0.15, 0.2) is 84.9 Å². The Morgan fingerprint density at radius 3 is 2.21 bits per heavy atom. The maximum absolute atomic E-state index is 14.8. The normalized spacial score (nSPS) is 12.6. The molecule has 1 N–H and O–H groups in total. The molecule has 4 aromatic carbocycles. The van der Waals surface area contributed by atoms with Crippen LogP contribution >= 0.6 is 11.6 Å². The zero-order valence-electron chi connectivity index (χ0n) is 22.3. The van der Waals surface area contributed by atoms with Gasteiger partial charge in [0.1, 0.15) is 5.82 Å². The van der Waals surface area contributed by atoms with Gasteiger partial charge in [-0.1, -0.05) is 79.5 Å². The van der Waals surface area contributed by atoms with E-state index in [1.54, 1.807) is 13.0 Å². The first-order valence-electron chi connectivity index (χ1n) is 13.4. The van der Waals surface area contributed by atoms with E-state index in [0.29, 0.717) is 22.6 Å². The molecule has 0 aromatic heterocycles. The lowest BCUT2D eigenvalue weighted by molar-refractivity contribution is -0.142. The van der Waals surface area contributed by atoms with Crippen molar-refractivity contribution in [2.24, 2.45) is 0 Å². The molecule has 0 aliphatic carbocycles. The topological polar surface area (TPSA) is 55.4 Å². The molecule has 1 amide bonds. The first-order chi connectivity index (χ1) is 18.9. The van der Waals surface area contributed by atoms with Gasteiger partial charge in [0, 0.05) is 28.4 Å². The number of halogens is 2. The quantitative estimate of drug-likeness (QED) is 0.194. The first-order valence-corrected chi connectivity index (χ1v) is 13.8. The molecule has 1 unspecified atom stereocenters. The van der Waals surface area contributed by atoms with E-state index in [4.69, 9.17) is 16.3 Å². The van der Waals surface area contributed by atoms with Gasteiger partial charge in [0.15, 0.2) is 0 Å². The molecule has 39 heavy (non-hydrogen) atoms. The maximum Gasteiger partial charge on any atom is 0.307 e. The van der Waals surface area contributed by atoms with E-state index in [2.05, 4.69) is 12.2 Å². The second-order valence-corrected chi connectivity index (χ2v) is 9.98. The zero-order valence-corrected chi connectivity index (χ0v) is 23.0. The zero-order chi connectivity index (χ0) is 27.8. The Morgan fingerprint density at radius 2 is 1.54 bits per heavy atom. The van der Waals surface area contributed by atoms with Gasteiger partial charge in [0.05, 0.1) is 13.0 Å². The number of carbonyl (C=O) groups is 2. The average molecular weight is 546 g/mol. The summed E-state index contributed by atoms with van der Waals surface area (Å²) in [6, 6.07) is 26.5. The Labute approximate surface area is 234 Å². The van der Waals surface area contributed by atoms with Crippen molar-refractivity contribution >= 4 is 34.2 Å². The Bertz CT molecular complexity index is 1420. The standard InChI is InChI=1S/C33H33ClFNO3/c1-3-7-26(22-10-12-24(13-11-22)33(38)36-21-20-31(37)39-4-2)32(23-14-16-25(34)17-15-23)29-18-19-30(35)28-9-6-5-8-27(28)29/h5-6,8-19,26,32H,3-4,7,20-21H2,1-2H3,(H,36,38)/t26-,32?/m0/s1. The third kappa shape index (κ3) is 6.85. The summed E-state index contributed by atoms with van der Waals surface area (Å²) in [5.74, 6) is -0.800. The molecular formula is C33H33ClFNO3. The van der Waals surface area contributed by atoms with Gasteiger partial charge in [0.25, 0.3) is 5.91 Å². The van der Waals surface area contributed by atoms with Crippen molar-refractivity contribution < 1.29 is 18.7 Å². The molecule has 6 heteroatoms. The molecule has 4 rings (SSSR count). The Hall–Kier alpha value is -3.70. The van der Waals surface area contributed by atoms with E-state index in [1.807, 2.05) is 78.9 Å². The molecule has 0 fully saturated rings. The highest BCUT2D eigenvalue weighted by Crippen LogP contribution is 2.44. The van der Waals surface area contributed by atoms with Crippen molar-refractivity contribution in [2.75, 3.05) is 13.2 Å². The molecule has 0 heterocycles. The van der Waals surface area contributed by atoms with Crippen LogP contribution in [0.25, 0.3) is 10.8 Å². The van der Waals surface area contributed by atoms with Crippen LogP contribution in [0, 0.1) is 5.82 Å². The Kier molecular flexibility index (Phi) is 9.72. The molecule has 0 aliphatic heterocycles. The van der Waals surface area contributed by atoms with Crippen LogP contribution in [0.1, 0.15) is 72.0 Å². The fraction of sp³-hybridized carbons (Fsp3) is 0.273. The fourth-order valence-corrected chi connectivity index (χ4v) is 5.31. The molecule has 0 bridgehead atoms. The van der Waals surface area contributed by atoms with Crippen molar-refractivity contribution in [3.05, 3.63) is 118 Å². The minimum atomic E-state index is -0.336. The fourth-order valence-electron chi connectivity index (χ4n) is 5.19. The largest absolute Gasteiger partial charge is 0.466 e. The van der Waals surface area contributed by atoms with Crippen LogP contribution in [0.2, 0.25) is 5.02 Å². The molecule has 0 spiro atoms. The highest BCUT2D eigenvalue weighted by Gasteiger charge is 2.28. The molecule has 202 valence electrons. The molecular weight excluding hydrogens is 513 g/mol. The highest BCUT2D eigenvalue weighted by molar-refractivity contribution is 6.30. The van der Waals surface area contributed by atoms with Crippen LogP contribution in [-0.2, 0) is 9.53 Å². The van der Waals surface area contributed by atoms with Gasteiger partial charge in [0.2, 0.25) is 0 Å². The number of hydrogen-bond acceptors (Lipinski definition) is 3. The second kappa shape index (κ2) is 13.4. The van der Waals surface area contributed by atoms with Gasteiger partial charge >= 0.3 is 5.97 Å². The lowest BCUT2D eigenvalue weighted by Gasteiger charge is -2.30. The third-order valence-corrected chi connectivity index (χ3v) is 7.24. The van der Waals surface area contributed by atoms with Crippen LogP contribution < -0.4 is 5.32 Å². The molecule has 4 aromatic rings. The predicted octanol–water partition coefficient (Wildman–Crippen LogP) is 8.03. The number of benzene rings is 4. The van der Waals surface area contributed by atoms with E-state index in [1.165, 1.54) is 0 Å². The number of ether oxygens (including phenoxy) is 1. The lowest BCUT2D eigenvalue weighted by Crippen LogP contribution is -2.26. The summed E-state index contributed by atoms with van der Waals surface area (Å²) in [6.45, 7) is 4.44. The van der Waals surface area contributed by atoms with Crippen LogP contribution in [0.5, 0.6) is 0 Å². The van der Waals surface area contributed by atoms with Gasteiger partial charge in [-0.25, -0.2) is 4.39 Å².